The second kappa shape index (κ2) is 13.6. The predicted molar refractivity (Wildman–Crippen MR) is 168 cm³/mol. The number of aromatic nitrogens is 3. The van der Waals surface area contributed by atoms with Gasteiger partial charge in [-0.25, -0.2) is 14.6 Å². The summed E-state index contributed by atoms with van der Waals surface area (Å²) in [7, 11) is 0. The molecule has 3 heterocycles. The normalized spacial score (nSPS) is 15.6. The second-order valence-corrected chi connectivity index (χ2v) is 11.3. The van der Waals surface area contributed by atoms with E-state index in [4.69, 9.17) is 42.8 Å². The van der Waals surface area contributed by atoms with Crippen molar-refractivity contribution in [3.05, 3.63) is 111 Å². The highest BCUT2D eigenvalue weighted by molar-refractivity contribution is 6.42. The molecule has 12 heteroatoms. The molecule has 1 saturated carbocycles. The molecule has 45 heavy (non-hydrogen) atoms. The summed E-state index contributed by atoms with van der Waals surface area (Å²) in [6.07, 6.45) is 4.77. The van der Waals surface area contributed by atoms with Crippen molar-refractivity contribution in [3.63, 3.8) is 0 Å². The number of esters is 2. The number of halogens is 2. The quantitative estimate of drug-likeness (QED) is 0.212. The van der Waals surface area contributed by atoms with E-state index in [0.717, 1.165) is 16.9 Å². The van der Waals surface area contributed by atoms with Gasteiger partial charge < -0.3 is 14.6 Å². The zero-order valence-corrected chi connectivity index (χ0v) is 26.1. The molecule has 0 saturated heterocycles. The topological polar surface area (TPSA) is 133 Å². The molecule has 232 valence electrons. The zero-order valence-electron chi connectivity index (χ0n) is 24.6. The van der Waals surface area contributed by atoms with Crippen LogP contribution < -0.4 is 0 Å². The second-order valence-electron chi connectivity index (χ2n) is 10.5. The number of carboxylic acids is 1. The number of hydrogen-bond acceptors (Lipinski definition) is 8. The van der Waals surface area contributed by atoms with Crippen LogP contribution in [0.3, 0.4) is 0 Å². The molecule has 0 amide bonds. The van der Waals surface area contributed by atoms with Gasteiger partial charge in [-0.1, -0.05) is 47.5 Å². The summed E-state index contributed by atoms with van der Waals surface area (Å²) in [5, 5.41) is 9.19. The van der Waals surface area contributed by atoms with Crippen LogP contribution >= 0.6 is 23.2 Å². The largest absolute Gasteiger partial charge is 0.478 e. The minimum atomic E-state index is -1.14. The van der Waals surface area contributed by atoms with E-state index < -0.39 is 29.6 Å². The molecule has 1 fully saturated rings. The molecule has 0 unspecified atom stereocenters. The van der Waals surface area contributed by atoms with Gasteiger partial charge in [0, 0.05) is 42.9 Å². The Morgan fingerprint density at radius 1 is 1.02 bits per heavy atom. The third-order valence-corrected chi connectivity index (χ3v) is 8.02. The summed E-state index contributed by atoms with van der Waals surface area (Å²) in [6.45, 7) is 3.90. The van der Waals surface area contributed by atoms with Crippen LogP contribution in [0, 0.1) is 6.92 Å². The van der Waals surface area contributed by atoms with Crippen molar-refractivity contribution < 1.29 is 29.0 Å². The summed E-state index contributed by atoms with van der Waals surface area (Å²) in [5.74, 6) is -1.18. The Kier molecular flexibility index (Phi) is 9.65. The number of ether oxygens (including phenoxy) is 2. The van der Waals surface area contributed by atoms with Gasteiger partial charge in [-0.15, -0.1) is 0 Å². The molecule has 1 N–H and O–H groups in total. The van der Waals surface area contributed by atoms with E-state index in [0.29, 0.717) is 52.1 Å². The van der Waals surface area contributed by atoms with Crippen LogP contribution in [0.15, 0.2) is 78.0 Å². The smallest absolute Gasteiger partial charge is 0.350 e. The maximum atomic E-state index is 12.8. The fourth-order valence-electron chi connectivity index (χ4n) is 4.93. The van der Waals surface area contributed by atoms with Crippen molar-refractivity contribution in [2.24, 2.45) is 4.99 Å². The van der Waals surface area contributed by atoms with E-state index in [1.807, 2.05) is 29.7 Å². The first kappa shape index (κ1) is 31.9. The Hall–Kier alpha value is -4.54. The molecule has 2 aliphatic rings. The van der Waals surface area contributed by atoms with Gasteiger partial charge in [0.05, 0.1) is 39.3 Å². The first-order valence-electron chi connectivity index (χ1n) is 14.3. The van der Waals surface area contributed by atoms with Crippen LogP contribution in [0.5, 0.6) is 0 Å². The number of rotatable bonds is 8. The Bertz CT molecular complexity index is 1750. The molecular weight excluding hydrogens is 619 g/mol. The van der Waals surface area contributed by atoms with Crippen molar-refractivity contribution >= 4 is 46.8 Å². The molecule has 1 atom stereocenters. The van der Waals surface area contributed by atoms with Crippen LogP contribution in [0.1, 0.15) is 71.8 Å². The lowest BCUT2D eigenvalue weighted by atomic mass is 10.0. The maximum Gasteiger partial charge on any atom is 0.350 e. The van der Waals surface area contributed by atoms with Crippen molar-refractivity contribution in [2.75, 3.05) is 6.61 Å². The first-order valence-corrected chi connectivity index (χ1v) is 15.1. The lowest BCUT2D eigenvalue weighted by Crippen LogP contribution is -2.31. The van der Waals surface area contributed by atoms with E-state index in [1.54, 1.807) is 61.8 Å². The molecule has 2 aromatic heterocycles. The van der Waals surface area contributed by atoms with E-state index in [1.165, 1.54) is 0 Å². The van der Waals surface area contributed by atoms with Gasteiger partial charge in [-0.3, -0.25) is 19.3 Å². The average molecular weight is 650 g/mol. The van der Waals surface area contributed by atoms with Crippen molar-refractivity contribution in [1.29, 1.82) is 0 Å². The van der Waals surface area contributed by atoms with E-state index in [9.17, 15) is 14.4 Å². The number of carbonyl (C=O) groups is 3. The van der Waals surface area contributed by atoms with Crippen LogP contribution in [-0.2, 0) is 19.1 Å². The molecule has 6 rings (SSSR count). The Balaban J connectivity index is 0.000000383. The summed E-state index contributed by atoms with van der Waals surface area (Å²) in [5.41, 5.74) is 2.90. The van der Waals surface area contributed by atoms with Gasteiger partial charge in [0.1, 0.15) is 11.9 Å². The van der Waals surface area contributed by atoms with Crippen LogP contribution in [0.4, 0.5) is 0 Å². The number of hydrogen-bond donors (Lipinski definition) is 1. The monoisotopic (exact) mass is 648 g/mol. The van der Waals surface area contributed by atoms with Crippen molar-refractivity contribution in [2.45, 2.75) is 51.2 Å². The lowest BCUT2D eigenvalue weighted by Gasteiger charge is -2.17. The Labute approximate surface area is 269 Å². The lowest BCUT2D eigenvalue weighted by molar-refractivity contribution is -0.171. The van der Waals surface area contributed by atoms with Gasteiger partial charge in [0.25, 0.3) is 0 Å². The minimum Gasteiger partial charge on any atom is -0.478 e. The minimum absolute atomic E-state index is 0.0502. The summed E-state index contributed by atoms with van der Waals surface area (Å²) in [6, 6.07) is 17.0. The molecule has 2 aromatic carbocycles. The molecule has 0 spiro atoms. The number of fused-ring (bicyclic) bond motifs is 3. The molecule has 1 aliphatic heterocycles. The summed E-state index contributed by atoms with van der Waals surface area (Å²) < 4.78 is 12.6. The van der Waals surface area contributed by atoms with Crippen LogP contribution in [0.25, 0.3) is 5.69 Å². The van der Waals surface area contributed by atoms with E-state index in [2.05, 4.69) is 9.97 Å². The maximum absolute atomic E-state index is 12.8. The number of nitrogens with zero attached hydrogens (tertiary/aromatic N) is 4. The highest BCUT2D eigenvalue weighted by Gasteiger charge is 2.55. The van der Waals surface area contributed by atoms with E-state index >= 15 is 0 Å². The number of aromatic carboxylic acids is 1. The van der Waals surface area contributed by atoms with Gasteiger partial charge in [-0.2, -0.15) is 0 Å². The number of carbonyl (C=O) groups excluding carboxylic acids is 2. The van der Waals surface area contributed by atoms with Gasteiger partial charge >= 0.3 is 17.9 Å². The SMILES string of the molecule is CCOC(=O)C1(OC(=O)CC[C@@H]2N=C(c3ccccn3)c3cc(Cl)c(Cl)cc3-n3c(C)cnc32)CC1.O=C(O)c1ccccc1. The standard InChI is InChI=1S/C26H24Cl2N4O4.C7H6O2/c1-3-35-25(34)26(9-10-26)36-22(33)8-7-20-24-30-14-15(2)32(24)21-13-18(28)17(27)12-16(21)23(31-20)19-6-4-5-11-29-19;8-7(9)6-4-2-1-3-5-6/h4-6,11-14,20H,3,7-10H2,1-2H3;1-5H,(H,8,9)/t20-;/m0./s1. The van der Waals surface area contributed by atoms with Gasteiger partial charge in [0.15, 0.2) is 0 Å². The molecule has 4 aromatic rings. The van der Waals surface area contributed by atoms with Crippen molar-refractivity contribution in [1.82, 2.24) is 14.5 Å². The fourth-order valence-corrected chi connectivity index (χ4v) is 5.25. The average Bonchev–Trinajstić information content (AvgIpc) is 3.75. The van der Waals surface area contributed by atoms with Gasteiger partial charge in [-0.05, 0) is 56.7 Å². The van der Waals surface area contributed by atoms with Gasteiger partial charge in [0.2, 0.25) is 5.60 Å². The number of carboxylic acid groups (broad SMARTS) is 1. The highest BCUT2D eigenvalue weighted by Crippen LogP contribution is 2.42. The summed E-state index contributed by atoms with van der Waals surface area (Å²) in [4.78, 5) is 49.3. The highest BCUT2D eigenvalue weighted by atomic mass is 35.5. The summed E-state index contributed by atoms with van der Waals surface area (Å²) >= 11 is 12.8. The molecular formula is C33H30Cl2N4O6. The fraction of sp³-hybridized carbons (Fsp3) is 0.273. The number of benzene rings is 2. The Morgan fingerprint density at radius 2 is 1.73 bits per heavy atom. The number of imidazole rings is 1. The molecule has 0 radical (unpaired) electrons. The van der Waals surface area contributed by atoms with Crippen LogP contribution in [0.2, 0.25) is 10.0 Å². The molecule has 0 bridgehead atoms. The third kappa shape index (κ3) is 7.08. The predicted octanol–water partition coefficient (Wildman–Crippen LogP) is 6.58. The number of aliphatic imine (C=N–C) groups is 1. The Morgan fingerprint density at radius 3 is 2.36 bits per heavy atom. The van der Waals surface area contributed by atoms with Crippen LogP contribution in [-0.4, -0.2) is 55.5 Å². The van der Waals surface area contributed by atoms with Crippen molar-refractivity contribution in [3.8, 4) is 5.69 Å². The molecule has 1 aliphatic carbocycles. The van der Waals surface area contributed by atoms with E-state index in [-0.39, 0.29) is 13.0 Å². The first-order chi connectivity index (χ1) is 21.6. The third-order valence-electron chi connectivity index (χ3n) is 7.29. The zero-order chi connectivity index (χ0) is 32.1. The number of pyridine rings is 1. The molecule has 10 nitrogen and oxygen atoms in total. The number of aryl methyl sites for hydroxylation is 1.